The van der Waals surface area contributed by atoms with Gasteiger partial charge in [0.15, 0.2) is 0 Å². The summed E-state index contributed by atoms with van der Waals surface area (Å²) in [5.74, 6) is 0. The molecule has 0 atom stereocenters. The van der Waals surface area contributed by atoms with E-state index < -0.39 is 14.7 Å². The van der Waals surface area contributed by atoms with Crippen LogP contribution >= 0.6 is 0 Å². The zero-order chi connectivity index (χ0) is 8.31. The van der Waals surface area contributed by atoms with Crippen LogP contribution in [0.5, 0.6) is 0 Å². The first-order valence-corrected chi connectivity index (χ1v) is 6.05. The van der Waals surface area contributed by atoms with E-state index in [0.29, 0.717) is 0 Å². The Kier molecular flexibility index (Phi) is 3.74. The summed E-state index contributed by atoms with van der Waals surface area (Å²) >= 11 is -1.10. The molecule has 0 aliphatic rings. The summed E-state index contributed by atoms with van der Waals surface area (Å²) in [5.41, 5.74) is 0. The summed E-state index contributed by atoms with van der Waals surface area (Å²) in [6.45, 7) is 18.0. The fourth-order valence-corrected chi connectivity index (χ4v) is 5.08. The summed E-state index contributed by atoms with van der Waals surface area (Å²) in [7, 11) is 0. The van der Waals surface area contributed by atoms with Crippen molar-refractivity contribution < 1.29 is 0 Å². The van der Waals surface area contributed by atoms with Gasteiger partial charge in [-0.3, -0.25) is 0 Å². The first kappa shape index (κ1) is 9.78. The summed E-state index contributed by atoms with van der Waals surface area (Å²) in [5, 5.41) is 0. The van der Waals surface area contributed by atoms with Crippen LogP contribution in [-0.2, 0) is 0 Å². The van der Waals surface area contributed by atoms with Gasteiger partial charge in [-0.05, 0) is 0 Å². The van der Waals surface area contributed by atoms with E-state index in [1.54, 1.807) is 0 Å². The molecule has 0 unspecified atom stereocenters. The standard InChI is InChI=1S/C9H15As/c1-7(2)10(8(3)4)9(5)6/h1,3,5H2,2,4,6H3. The number of allylic oxidation sites excluding steroid dienone is 3. The number of hydrogen-bond acceptors (Lipinski definition) is 0. The SMILES string of the molecule is C=C(C)[As](C(=C)C)C(=C)C. The molecule has 1 heteroatoms. The first-order chi connectivity index (χ1) is 4.46. The molecule has 0 aliphatic heterocycles. The van der Waals surface area contributed by atoms with Gasteiger partial charge in [0.1, 0.15) is 0 Å². The zero-order valence-electron chi connectivity index (χ0n) is 7.07. The fraction of sp³-hybridized carbons (Fsp3) is 0.333. The van der Waals surface area contributed by atoms with Gasteiger partial charge in [0.25, 0.3) is 0 Å². The molecule has 0 radical (unpaired) electrons. The second-order valence-electron chi connectivity index (χ2n) is 2.54. The van der Waals surface area contributed by atoms with Crippen molar-refractivity contribution in [1.29, 1.82) is 0 Å². The van der Waals surface area contributed by atoms with Crippen molar-refractivity contribution in [3.63, 3.8) is 0 Å². The molecule has 0 fully saturated rings. The minimum absolute atomic E-state index is 1.10. The van der Waals surface area contributed by atoms with Crippen LogP contribution in [0.4, 0.5) is 0 Å². The molecule has 0 aliphatic carbocycles. The first-order valence-electron chi connectivity index (χ1n) is 3.23. The van der Waals surface area contributed by atoms with Crippen LogP contribution in [0.2, 0.25) is 0 Å². The topological polar surface area (TPSA) is 0 Å². The van der Waals surface area contributed by atoms with Gasteiger partial charge in [-0.2, -0.15) is 0 Å². The third-order valence-electron chi connectivity index (χ3n) is 1.15. The Morgan fingerprint density at radius 3 is 1.00 bits per heavy atom. The van der Waals surface area contributed by atoms with Crippen LogP contribution in [0.25, 0.3) is 0 Å². The molecular weight excluding hydrogens is 183 g/mol. The van der Waals surface area contributed by atoms with Crippen molar-refractivity contribution in [2.45, 2.75) is 20.8 Å². The van der Waals surface area contributed by atoms with E-state index in [-0.39, 0.29) is 0 Å². The molecule has 0 nitrogen and oxygen atoms in total. The van der Waals surface area contributed by atoms with Crippen molar-refractivity contribution in [2.75, 3.05) is 0 Å². The average molecular weight is 198 g/mol. The van der Waals surface area contributed by atoms with Crippen LogP contribution in [0.1, 0.15) is 20.8 Å². The number of hydrogen-bond donors (Lipinski definition) is 0. The Balaban J connectivity index is 4.43. The molecule has 10 heavy (non-hydrogen) atoms. The fourth-order valence-electron chi connectivity index (χ4n) is 0.977. The molecule has 0 aromatic carbocycles. The van der Waals surface area contributed by atoms with Crippen molar-refractivity contribution in [3.05, 3.63) is 32.8 Å². The average Bonchev–Trinajstić information content (AvgIpc) is 1.59. The molecule has 0 bridgehead atoms. The molecule has 0 N–H and O–H groups in total. The predicted molar refractivity (Wildman–Crippen MR) is 50.2 cm³/mol. The second-order valence-corrected chi connectivity index (χ2v) is 8.75. The summed E-state index contributed by atoms with van der Waals surface area (Å²) < 4.78 is 3.81. The molecule has 0 saturated heterocycles. The van der Waals surface area contributed by atoms with E-state index in [9.17, 15) is 0 Å². The molecule has 56 valence electrons. The van der Waals surface area contributed by atoms with E-state index in [2.05, 4.69) is 40.5 Å². The Morgan fingerprint density at radius 1 is 0.800 bits per heavy atom. The molecule has 0 aromatic heterocycles. The van der Waals surface area contributed by atoms with Crippen LogP contribution in [0.3, 0.4) is 0 Å². The number of rotatable bonds is 3. The van der Waals surface area contributed by atoms with Crippen LogP contribution in [-0.4, -0.2) is 14.7 Å². The molecule has 0 saturated carbocycles. The zero-order valence-corrected chi connectivity index (χ0v) is 8.95. The van der Waals surface area contributed by atoms with Gasteiger partial charge >= 0.3 is 68.2 Å². The Morgan fingerprint density at radius 2 is 1.00 bits per heavy atom. The molecule has 0 aromatic rings. The van der Waals surface area contributed by atoms with Gasteiger partial charge in [-0.25, -0.2) is 0 Å². The molecule has 0 rings (SSSR count). The molecular formula is C9H15As. The van der Waals surface area contributed by atoms with Gasteiger partial charge in [-0.1, -0.05) is 0 Å². The molecule has 0 heterocycles. The van der Waals surface area contributed by atoms with Crippen LogP contribution in [0, 0.1) is 0 Å². The van der Waals surface area contributed by atoms with E-state index in [1.165, 1.54) is 13.1 Å². The van der Waals surface area contributed by atoms with Gasteiger partial charge in [0, 0.05) is 0 Å². The maximum absolute atomic E-state index is 3.94. The van der Waals surface area contributed by atoms with Crippen molar-refractivity contribution in [1.82, 2.24) is 0 Å². The molecule has 0 spiro atoms. The third-order valence-corrected chi connectivity index (χ3v) is 5.95. The van der Waals surface area contributed by atoms with E-state index in [0.717, 1.165) is 0 Å². The second kappa shape index (κ2) is 3.83. The van der Waals surface area contributed by atoms with Crippen molar-refractivity contribution in [3.8, 4) is 0 Å². The van der Waals surface area contributed by atoms with Crippen molar-refractivity contribution in [2.24, 2.45) is 0 Å². The normalized spacial score (nSPS) is 9.60. The monoisotopic (exact) mass is 198 g/mol. The Bertz CT molecular complexity index is 144. The third kappa shape index (κ3) is 2.58. The van der Waals surface area contributed by atoms with Crippen molar-refractivity contribution >= 4 is 14.7 Å². The summed E-state index contributed by atoms with van der Waals surface area (Å²) in [6.07, 6.45) is 0. The van der Waals surface area contributed by atoms with Gasteiger partial charge < -0.3 is 0 Å². The van der Waals surface area contributed by atoms with E-state index >= 15 is 0 Å². The predicted octanol–water partition coefficient (Wildman–Crippen LogP) is 2.83. The van der Waals surface area contributed by atoms with Crippen LogP contribution in [0.15, 0.2) is 32.8 Å². The minimum atomic E-state index is -1.10. The molecule has 0 amide bonds. The quantitative estimate of drug-likeness (QED) is 0.611. The van der Waals surface area contributed by atoms with Gasteiger partial charge in [-0.15, -0.1) is 0 Å². The Hall–Kier alpha value is -0.222. The van der Waals surface area contributed by atoms with E-state index in [1.807, 2.05) is 0 Å². The van der Waals surface area contributed by atoms with E-state index in [4.69, 9.17) is 0 Å². The van der Waals surface area contributed by atoms with Gasteiger partial charge in [0.05, 0.1) is 0 Å². The maximum atomic E-state index is 3.94. The van der Waals surface area contributed by atoms with Gasteiger partial charge in [0.2, 0.25) is 0 Å². The summed E-state index contributed by atoms with van der Waals surface area (Å²) in [4.78, 5) is 0. The summed E-state index contributed by atoms with van der Waals surface area (Å²) in [6, 6.07) is 0. The van der Waals surface area contributed by atoms with Crippen LogP contribution < -0.4 is 0 Å². The Labute approximate surface area is 68.6 Å².